The normalized spacial score (nSPS) is 10.7. The molecule has 0 fully saturated rings. The van der Waals surface area contributed by atoms with Crippen LogP contribution in [0.1, 0.15) is 5.56 Å². The third-order valence-corrected chi connectivity index (χ3v) is 4.17. The summed E-state index contributed by atoms with van der Waals surface area (Å²) in [5.41, 5.74) is 2.06. The topological polar surface area (TPSA) is 104 Å². The number of aryl methyl sites for hydroxylation is 1. The molecule has 9 heteroatoms. The van der Waals surface area contributed by atoms with E-state index in [2.05, 4.69) is 15.5 Å². The van der Waals surface area contributed by atoms with Gasteiger partial charge in [-0.15, -0.1) is 5.10 Å². The van der Waals surface area contributed by atoms with E-state index in [1.165, 1.54) is 11.7 Å². The molecule has 4 rings (SSSR count). The summed E-state index contributed by atoms with van der Waals surface area (Å²) in [5.74, 6) is -0.385. The Balaban J connectivity index is 1.74. The third-order valence-electron chi connectivity index (χ3n) is 4.17. The molecule has 0 saturated heterocycles. The molecule has 0 atom stereocenters. The van der Waals surface area contributed by atoms with Crippen molar-refractivity contribution in [1.82, 2.24) is 19.6 Å². The van der Waals surface area contributed by atoms with Crippen LogP contribution in [-0.4, -0.2) is 25.7 Å². The van der Waals surface area contributed by atoms with Crippen molar-refractivity contribution >= 4 is 11.8 Å². The molecule has 146 valence electrons. The Morgan fingerprint density at radius 1 is 1.03 bits per heavy atom. The lowest BCUT2D eigenvalue weighted by atomic mass is 10.2. The van der Waals surface area contributed by atoms with Crippen LogP contribution < -0.4 is 15.8 Å². The summed E-state index contributed by atoms with van der Waals surface area (Å²) in [6, 6.07) is 18.1. The van der Waals surface area contributed by atoms with Gasteiger partial charge >= 0.3 is 11.8 Å². The molecule has 1 N–H and O–H groups in total. The van der Waals surface area contributed by atoms with E-state index in [-0.39, 0.29) is 11.8 Å². The number of hydrogen-bond acceptors (Lipinski definition) is 6. The summed E-state index contributed by atoms with van der Waals surface area (Å²) < 4.78 is 13.3. The Kier molecular flexibility index (Phi) is 4.70. The number of nitrogens with one attached hydrogen (secondary N) is 1. The molecule has 9 nitrogen and oxygen atoms in total. The number of rotatable bonds is 4. The molecule has 0 unspecified atom stereocenters. The summed E-state index contributed by atoms with van der Waals surface area (Å²) in [6.45, 7) is 1.71. The van der Waals surface area contributed by atoms with Crippen LogP contribution in [0.5, 0.6) is 5.88 Å². The monoisotopic (exact) mass is 391 g/mol. The van der Waals surface area contributed by atoms with Gasteiger partial charge in [-0.3, -0.25) is 5.32 Å². The molecule has 29 heavy (non-hydrogen) atoms. The first kappa shape index (κ1) is 18.2. The molecule has 0 aliphatic carbocycles. The van der Waals surface area contributed by atoms with Crippen molar-refractivity contribution in [2.45, 2.75) is 6.92 Å². The highest BCUT2D eigenvalue weighted by Crippen LogP contribution is 2.31. The number of hydrogen-bond donors (Lipinski definition) is 1. The van der Waals surface area contributed by atoms with Gasteiger partial charge in [0.1, 0.15) is 0 Å². The maximum atomic E-state index is 12.5. The standard InChI is InChI=1S/C20H17N5O4/c1-13-16(17-23-24(2)20(27)28-17)22-25(15-11-7-4-8-12-15)18(13)29-19(26)21-14-9-5-3-6-10-14/h3-12H,1-2H3,(H,21,26). The molecule has 2 aromatic heterocycles. The number of aromatic nitrogens is 4. The Morgan fingerprint density at radius 2 is 1.69 bits per heavy atom. The molecule has 0 bridgehead atoms. The van der Waals surface area contributed by atoms with Gasteiger partial charge in [0.25, 0.3) is 5.89 Å². The zero-order valence-corrected chi connectivity index (χ0v) is 15.7. The summed E-state index contributed by atoms with van der Waals surface area (Å²) in [6.07, 6.45) is -0.676. The van der Waals surface area contributed by atoms with Crippen LogP contribution in [0.3, 0.4) is 0 Å². The average Bonchev–Trinajstić information content (AvgIpc) is 3.22. The van der Waals surface area contributed by atoms with Crippen molar-refractivity contribution in [2.75, 3.05) is 5.32 Å². The van der Waals surface area contributed by atoms with E-state index in [1.807, 2.05) is 36.4 Å². The number of amides is 1. The average molecular weight is 391 g/mol. The van der Waals surface area contributed by atoms with Crippen molar-refractivity contribution in [3.63, 3.8) is 0 Å². The Labute approximate surface area is 165 Å². The summed E-state index contributed by atoms with van der Waals surface area (Å²) in [5, 5.41) is 11.2. The van der Waals surface area contributed by atoms with Crippen molar-refractivity contribution in [2.24, 2.45) is 7.05 Å². The van der Waals surface area contributed by atoms with Gasteiger partial charge in [-0.2, -0.15) is 14.5 Å². The first-order valence-corrected chi connectivity index (χ1v) is 8.76. The van der Waals surface area contributed by atoms with E-state index in [4.69, 9.17) is 9.15 Å². The van der Waals surface area contributed by atoms with E-state index in [1.54, 1.807) is 31.2 Å². The van der Waals surface area contributed by atoms with Gasteiger partial charge in [0.15, 0.2) is 5.69 Å². The Morgan fingerprint density at radius 3 is 2.31 bits per heavy atom. The van der Waals surface area contributed by atoms with E-state index < -0.39 is 11.8 Å². The summed E-state index contributed by atoms with van der Waals surface area (Å²) in [4.78, 5) is 24.1. The highest BCUT2D eigenvalue weighted by atomic mass is 16.6. The maximum absolute atomic E-state index is 12.5. The lowest BCUT2D eigenvalue weighted by Gasteiger charge is -2.09. The second kappa shape index (κ2) is 7.47. The number of para-hydroxylation sites is 2. The van der Waals surface area contributed by atoms with Gasteiger partial charge in [-0.05, 0) is 31.2 Å². The first-order valence-electron chi connectivity index (χ1n) is 8.76. The van der Waals surface area contributed by atoms with Crippen LogP contribution in [0.25, 0.3) is 17.3 Å². The predicted octanol–water partition coefficient (Wildman–Crippen LogP) is 3.15. The largest absolute Gasteiger partial charge is 0.437 e. The van der Waals surface area contributed by atoms with Gasteiger partial charge in [-0.1, -0.05) is 36.4 Å². The van der Waals surface area contributed by atoms with Gasteiger partial charge in [0.2, 0.25) is 5.88 Å². The molecule has 0 spiro atoms. The van der Waals surface area contributed by atoms with Gasteiger partial charge in [0, 0.05) is 18.3 Å². The van der Waals surface area contributed by atoms with E-state index in [9.17, 15) is 9.59 Å². The molecule has 0 radical (unpaired) electrons. The van der Waals surface area contributed by atoms with Crippen LogP contribution in [0.2, 0.25) is 0 Å². The molecular weight excluding hydrogens is 374 g/mol. The van der Waals surface area contributed by atoms with Crippen LogP contribution in [0.4, 0.5) is 10.5 Å². The predicted molar refractivity (Wildman–Crippen MR) is 105 cm³/mol. The van der Waals surface area contributed by atoms with Crippen LogP contribution >= 0.6 is 0 Å². The van der Waals surface area contributed by atoms with E-state index >= 15 is 0 Å². The zero-order valence-electron chi connectivity index (χ0n) is 15.7. The minimum atomic E-state index is -0.676. The van der Waals surface area contributed by atoms with Gasteiger partial charge in [0.05, 0.1) is 5.69 Å². The number of carbonyl (C=O) groups is 1. The molecule has 4 aromatic rings. The number of benzene rings is 2. The quantitative estimate of drug-likeness (QED) is 0.573. The highest BCUT2D eigenvalue weighted by Gasteiger charge is 2.24. The molecule has 0 aliphatic rings. The highest BCUT2D eigenvalue weighted by molar-refractivity contribution is 5.86. The fourth-order valence-electron chi connectivity index (χ4n) is 2.74. The lowest BCUT2D eigenvalue weighted by molar-refractivity contribution is 0.211. The van der Waals surface area contributed by atoms with Crippen LogP contribution in [-0.2, 0) is 7.05 Å². The smallest absolute Gasteiger partial charge is 0.391 e. The van der Waals surface area contributed by atoms with Crippen molar-refractivity contribution < 1.29 is 13.9 Å². The third kappa shape index (κ3) is 3.65. The minimum absolute atomic E-state index is 0.0398. The van der Waals surface area contributed by atoms with E-state index in [0.717, 1.165) is 4.68 Å². The van der Waals surface area contributed by atoms with E-state index in [0.29, 0.717) is 22.6 Å². The van der Waals surface area contributed by atoms with Gasteiger partial charge in [-0.25, -0.2) is 9.59 Å². The molecular formula is C20H17N5O4. The van der Waals surface area contributed by atoms with Crippen molar-refractivity contribution in [1.29, 1.82) is 0 Å². The number of ether oxygens (including phenoxy) is 1. The minimum Gasteiger partial charge on any atom is -0.391 e. The van der Waals surface area contributed by atoms with Crippen LogP contribution in [0, 0.1) is 6.92 Å². The molecule has 2 aromatic carbocycles. The summed E-state index contributed by atoms with van der Waals surface area (Å²) >= 11 is 0. The second-order valence-corrected chi connectivity index (χ2v) is 6.20. The number of carbonyl (C=O) groups excluding carboxylic acids is 1. The fourth-order valence-corrected chi connectivity index (χ4v) is 2.74. The Bertz CT molecular complexity index is 1210. The van der Waals surface area contributed by atoms with Crippen molar-refractivity contribution in [3.05, 3.63) is 76.8 Å². The molecule has 1 amide bonds. The SMILES string of the molecule is Cc1c(-c2nn(C)c(=O)o2)nn(-c2ccccc2)c1OC(=O)Nc1ccccc1. The number of nitrogens with zero attached hydrogens (tertiary/aromatic N) is 4. The molecule has 0 saturated carbocycles. The number of anilines is 1. The first-order chi connectivity index (χ1) is 14.0. The van der Waals surface area contributed by atoms with Gasteiger partial charge < -0.3 is 9.15 Å². The van der Waals surface area contributed by atoms with Crippen molar-refractivity contribution in [3.8, 4) is 23.2 Å². The zero-order chi connectivity index (χ0) is 20.4. The van der Waals surface area contributed by atoms with Crippen LogP contribution in [0.15, 0.2) is 69.9 Å². The molecule has 0 aliphatic heterocycles. The summed E-state index contributed by atoms with van der Waals surface area (Å²) in [7, 11) is 1.48. The maximum Gasteiger partial charge on any atom is 0.437 e. The molecule has 2 heterocycles. The fraction of sp³-hybridized carbons (Fsp3) is 0.100. The Hall–Kier alpha value is -4.14. The second-order valence-electron chi connectivity index (χ2n) is 6.20. The lowest BCUT2D eigenvalue weighted by Crippen LogP contribution is -2.18.